The van der Waals surface area contributed by atoms with Gasteiger partial charge in [0.15, 0.2) is 0 Å². The first kappa shape index (κ1) is 25.8. The first-order valence-corrected chi connectivity index (χ1v) is 17.7. The van der Waals surface area contributed by atoms with Crippen LogP contribution in [0, 0.1) is 23.7 Å². The minimum absolute atomic E-state index is 0.126. The SMILES string of the molecule is c1ccc(-c2nc(-n3c4ccccc4c4cc5c(cc43)-c3ccccc3C53C4CC5CC(C4)CC3C5)nc3oc4ccccc4c23)cc1. The molecule has 3 heterocycles. The zero-order valence-corrected chi connectivity index (χ0v) is 26.6. The molecule has 13 rings (SSSR count). The van der Waals surface area contributed by atoms with Gasteiger partial charge < -0.3 is 4.42 Å². The van der Waals surface area contributed by atoms with Gasteiger partial charge >= 0.3 is 0 Å². The smallest absolute Gasteiger partial charge is 0.238 e. The Morgan fingerprint density at radius 3 is 2.12 bits per heavy atom. The zero-order valence-electron chi connectivity index (χ0n) is 26.6. The summed E-state index contributed by atoms with van der Waals surface area (Å²) in [6, 6.07) is 42.0. The van der Waals surface area contributed by atoms with Gasteiger partial charge in [0.25, 0.3) is 0 Å². The van der Waals surface area contributed by atoms with Crippen LogP contribution in [0.2, 0.25) is 0 Å². The molecule has 4 bridgehead atoms. The topological polar surface area (TPSA) is 43.9 Å². The van der Waals surface area contributed by atoms with Crippen molar-refractivity contribution in [2.45, 2.75) is 37.5 Å². The van der Waals surface area contributed by atoms with Crippen LogP contribution in [0.4, 0.5) is 0 Å². The third-order valence-corrected chi connectivity index (χ3v) is 12.8. The highest BCUT2D eigenvalue weighted by Crippen LogP contribution is 2.69. The van der Waals surface area contributed by atoms with Crippen molar-refractivity contribution in [1.29, 1.82) is 0 Å². The second kappa shape index (κ2) is 9.02. The lowest BCUT2D eigenvalue weighted by Crippen LogP contribution is -2.55. The average molecular weight is 620 g/mol. The van der Waals surface area contributed by atoms with Gasteiger partial charge in [0, 0.05) is 27.1 Å². The highest BCUT2D eigenvalue weighted by Gasteiger charge is 2.61. The van der Waals surface area contributed by atoms with Crippen molar-refractivity contribution in [3.8, 4) is 28.3 Å². The van der Waals surface area contributed by atoms with Crippen LogP contribution in [0.5, 0.6) is 0 Å². The minimum atomic E-state index is 0.126. The van der Waals surface area contributed by atoms with Gasteiger partial charge in [-0.15, -0.1) is 0 Å². The number of hydrogen-bond acceptors (Lipinski definition) is 3. The van der Waals surface area contributed by atoms with Gasteiger partial charge in [-0.05, 0) is 102 Å². The van der Waals surface area contributed by atoms with E-state index in [0.717, 1.165) is 62.3 Å². The standard InChI is InChI=1S/C44H33N3O/c1-2-10-27(11-3-1)41-40-32-14-6-9-17-39(32)48-42(40)46-43(45-41)47-37-16-8-5-13-31(37)34-23-36-33(24-38(34)47)30-12-4-7-15-35(30)44(36)28-19-25-18-26(21-28)22-29(44)20-25/h1-17,23-26,28-29H,18-22H2. The molecule has 0 aliphatic heterocycles. The molecule has 48 heavy (non-hydrogen) atoms. The van der Waals surface area contributed by atoms with Crippen LogP contribution in [0.1, 0.15) is 43.2 Å². The lowest BCUT2D eigenvalue weighted by atomic mass is 9.43. The Morgan fingerprint density at radius 2 is 1.29 bits per heavy atom. The Hall–Kier alpha value is -5.22. The van der Waals surface area contributed by atoms with Gasteiger partial charge in [-0.25, -0.2) is 4.98 Å². The van der Waals surface area contributed by atoms with E-state index in [1.165, 1.54) is 54.0 Å². The molecule has 0 N–H and O–H groups in total. The predicted octanol–water partition coefficient (Wildman–Crippen LogP) is 10.9. The number of aromatic nitrogens is 3. The Labute approximate surface area is 278 Å². The molecule has 5 aliphatic carbocycles. The summed E-state index contributed by atoms with van der Waals surface area (Å²) in [5, 5.41) is 4.54. The number of nitrogens with zero attached hydrogens (tertiary/aromatic N) is 3. The molecule has 0 amide bonds. The predicted molar refractivity (Wildman–Crippen MR) is 192 cm³/mol. The highest BCUT2D eigenvalue weighted by molar-refractivity contribution is 6.13. The normalized spacial score (nSPS) is 25.2. The molecule has 0 radical (unpaired) electrons. The van der Waals surface area contributed by atoms with E-state index >= 15 is 0 Å². The van der Waals surface area contributed by atoms with Crippen LogP contribution < -0.4 is 0 Å². The van der Waals surface area contributed by atoms with Gasteiger partial charge in [-0.1, -0.05) is 91.0 Å². The largest absolute Gasteiger partial charge is 0.437 e. The maximum absolute atomic E-state index is 6.46. The summed E-state index contributed by atoms with van der Waals surface area (Å²) >= 11 is 0. The minimum Gasteiger partial charge on any atom is -0.437 e. The van der Waals surface area contributed by atoms with Gasteiger partial charge in [-0.2, -0.15) is 4.98 Å². The molecule has 5 aliphatic rings. The molecule has 0 unspecified atom stereocenters. The quantitative estimate of drug-likeness (QED) is 0.193. The lowest BCUT2D eigenvalue weighted by Gasteiger charge is -2.61. The third-order valence-electron chi connectivity index (χ3n) is 12.8. The van der Waals surface area contributed by atoms with E-state index in [9.17, 15) is 0 Å². The molecule has 4 fully saturated rings. The van der Waals surface area contributed by atoms with Gasteiger partial charge in [-0.3, -0.25) is 4.57 Å². The monoisotopic (exact) mass is 619 g/mol. The first-order chi connectivity index (χ1) is 23.8. The Bertz CT molecular complexity index is 2620. The maximum atomic E-state index is 6.46. The van der Waals surface area contributed by atoms with E-state index in [0.29, 0.717) is 11.7 Å². The Balaban J connectivity index is 1.18. The molecule has 4 heteroatoms. The maximum Gasteiger partial charge on any atom is 0.238 e. The molecule has 8 aromatic rings. The number of fused-ring (bicyclic) bond motifs is 9. The van der Waals surface area contributed by atoms with Crippen molar-refractivity contribution in [1.82, 2.24) is 14.5 Å². The number of hydrogen-bond donors (Lipinski definition) is 0. The molecule has 0 atom stereocenters. The van der Waals surface area contributed by atoms with Crippen LogP contribution in [0.3, 0.4) is 0 Å². The van der Waals surface area contributed by atoms with Crippen molar-refractivity contribution in [2.75, 3.05) is 0 Å². The van der Waals surface area contributed by atoms with Gasteiger partial charge in [0.2, 0.25) is 11.7 Å². The van der Waals surface area contributed by atoms with E-state index in [1.807, 2.05) is 12.1 Å². The van der Waals surface area contributed by atoms with Crippen LogP contribution >= 0.6 is 0 Å². The Kier molecular flexibility index (Phi) is 4.85. The molecule has 4 nitrogen and oxygen atoms in total. The number of furan rings is 1. The number of para-hydroxylation sites is 2. The van der Waals surface area contributed by atoms with Crippen LogP contribution in [-0.2, 0) is 5.41 Å². The van der Waals surface area contributed by atoms with Gasteiger partial charge in [0.05, 0.1) is 22.1 Å². The van der Waals surface area contributed by atoms with Crippen LogP contribution in [0.15, 0.2) is 120 Å². The summed E-state index contributed by atoms with van der Waals surface area (Å²) in [5.74, 6) is 3.94. The molecule has 3 aromatic heterocycles. The summed E-state index contributed by atoms with van der Waals surface area (Å²) < 4.78 is 8.75. The molecule has 4 saturated carbocycles. The third kappa shape index (κ3) is 3.12. The molecule has 0 saturated heterocycles. The van der Waals surface area contributed by atoms with Gasteiger partial charge in [0.1, 0.15) is 5.58 Å². The van der Waals surface area contributed by atoms with Crippen LogP contribution in [0.25, 0.3) is 72.2 Å². The van der Waals surface area contributed by atoms with Crippen molar-refractivity contribution in [3.05, 3.63) is 126 Å². The summed E-state index contributed by atoms with van der Waals surface area (Å²) in [5.41, 5.74) is 11.8. The highest BCUT2D eigenvalue weighted by atomic mass is 16.3. The average Bonchev–Trinajstić information content (AvgIpc) is 3.75. The van der Waals surface area contributed by atoms with E-state index in [4.69, 9.17) is 14.4 Å². The number of benzene rings is 5. The van der Waals surface area contributed by atoms with E-state index in [-0.39, 0.29) is 5.41 Å². The van der Waals surface area contributed by atoms with E-state index in [2.05, 4.69) is 108 Å². The second-order valence-corrected chi connectivity index (χ2v) is 15.0. The van der Waals surface area contributed by atoms with Crippen molar-refractivity contribution >= 4 is 43.9 Å². The zero-order chi connectivity index (χ0) is 31.1. The summed E-state index contributed by atoms with van der Waals surface area (Å²) in [4.78, 5) is 10.6. The fourth-order valence-corrected chi connectivity index (χ4v) is 11.3. The van der Waals surface area contributed by atoms with Crippen molar-refractivity contribution < 1.29 is 4.42 Å². The number of rotatable bonds is 2. The van der Waals surface area contributed by atoms with E-state index in [1.54, 1.807) is 11.1 Å². The molecular weight excluding hydrogens is 587 g/mol. The molecular formula is C44H33N3O. The summed E-state index contributed by atoms with van der Waals surface area (Å²) in [7, 11) is 0. The summed E-state index contributed by atoms with van der Waals surface area (Å²) in [6.45, 7) is 0. The fraction of sp³-hybridized carbons (Fsp3) is 0.227. The Morgan fingerprint density at radius 1 is 0.583 bits per heavy atom. The molecule has 5 aromatic carbocycles. The summed E-state index contributed by atoms with van der Waals surface area (Å²) in [6.07, 6.45) is 7.00. The van der Waals surface area contributed by atoms with Crippen LogP contribution in [-0.4, -0.2) is 14.5 Å². The molecule has 1 spiro atoms. The fourth-order valence-electron chi connectivity index (χ4n) is 11.3. The second-order valence-electron chi connectivity index (χ2n) is 15.0. The lowest BCUT2D eigenvalue weighted by molar-refractivity contribution is -0.0399. The van der Waals surface area contributed by atoms with E-state index < -0.39 is 0 Å². The van der Waals surface area contributed by atoms with Crippen molar-refractivity contribution in [2.24, 2.45) is 23.7 Å². The van der Waals surface area contributed by atoms with Crippen molar-refractivity contribution in [3.63, 3.8) is 0 Å². The first-order valence-electron chi connectivity index (χ1n) is 17.7. The molecule has 230 valence electrons.